The van der Waals surface area contributed by atoms with E-state index in [0.717, 1.165) is 15.1 Å². The maximum atomic E-state index is 14.0. The molecule has 0 saturated carbocycles. The lowest BCUT2D eigenvalue weighted by Crippen LogP contribution is -2.28. The SMILES string of the molecule is CCOC(=O)c1c2c(n(Cc3ccccc3)c1C)C(=O)c1c(ccn1S(=O)(=O)c1ccc(C)cc1)C2=O. The van der Waals surface area contributed by atoms with Crippen LogP contribution >= 0.6 is 0 Å². The predicted molar refractivity (Wildman–Crippen MR) is 136 cm³/mol. The number of hydrogen-bond acceptors (Lipinski definition) is 6. The number of aromatic nitrogens is 2. The van der Waals surface area contributed by atoms with Gasteiger partial charge >= 0.3 is 5.97 Å². The predicted octanol–water partition coefficient (Wildman–Crippen LogP) is 4.14. The number of hydrogen-bond donors (Lipinski definition) is 0. The zero-order valence-corrected chi connectivity index (χ0v) is 21.3. The molecule has 0 bridgehead atoms. The highest BCUT2D eigenvalue weighted by molar-refractivity contribution is 7.90. The second-order valence-corrected chi connectivity index (χ2v) is 10.6. The molecule has 5 rings (SSSR count). The largest absolute Gasteiger partial charge is 0.462 e. The Bertz CT molecular complexity index is 1680. The van der Waals surface area contributed by atoms with Crippen molar-refractivity contribution in [2.45, 2.75) is 32.2 Å². The number of ether oxygens (including phenoxy) is 1. The fourth-order valence-electron chi connectivity index (χ4n) is 4.70. The summed E-state index contributed by atoms with van der Waals surface area (Å²) in [6, 6.07) is 16.8. The third kappa shape index (κ3) is 3.82. The van der Waals surface area contributed by atoms with Crippen LogP contribution in [0, 0.1) is 13.8 Å². The van der Waals surface area contributed by atoms with E-state index in [1.165, 1.54) is 24.4 Å². The molecule has 188 valence electrons. The molecule has 9 heteroatoms. The van der Waals surface area contributed by atoms with Crippen molar-refractivity contribution in [1.82, 2.24) is 8.54 Å². The Morgan fingerprint density at radius 2 is 1.57 bits per heavy atom. The van der Waals surface area contributed by atoms with Gasteiger partial charge in [-0.05, 0) is 44.5 Å². The van der Waals surface area contributed by atoms with Crippen molar-refractivity contribution in [3.8, 4) is 0 Å². The van der Waals surface area contributed by atoms with Crippen molar-refractivity contribution in [3.05, 3.63) is 112 Å². The van der Waals surface area contributed by atoms with E-state index in [2.05, 4.69) is 0 Å². The summed E-state index contributed by atoms with van der Waals surface area (Å²) in [5.41, 5.74) is 1.72. The molecule has 2 aromatic carbocycles. The van der Waals surface area contributed by atoms with Crippen LogP contribution in [0.2, 0.25) is 0 Å². The van der Waals surface area contributed by atoms with E-state index in [4.69, 9.17) is 4.74 Å². The molecule has 1 aliphatic rings. The molecule has 0 amide bonds. The van der Waals surface area contributed by atoms with Gasteiger partial charge in [-0.25, -0.2) is 17.2 Å². The molecular formula is C28H24N2O6S. The number of rotatable bonds is 6. The summed E-state index contributed by atoms with van der Waals surface area (Å²) >= 11 is 0. The quantitative estimate of drug-likeness (QED) is 0.314. The van der Waals surface area contributed by atoms with Crippen molar-refractivity contribution < 1.29 is 27.5 Å². The molecule has 4 aromatic rings. The van der Waals surface area contributed by atoms with Gasteiger partial charge in [0.1, 0.15) is 11.4 Å². The molecule has 0 radical (unpaired) electrons. The number of benzene rings is 2. The standard InChI is InChI=1S/C28H24N2O6S/c1-4-36-28(33)22-18(3)29(16-19-8-6-5-7-9-19)25-23(22)26(31)21-14-15-30(24(21)27(25)32)37(34,35)20-12-10-17(2)11-13-20/h5-15H,4,16H2,1-3H3. The molecule has 0 atom stereocenters. The molecule has 8 nitrogen and oxygen atoms in total. The fraction of sp³-hybridized carbons (Fsp3) is 0.179. The van der Waals surface area contributed by atoms with Gasteiger partial charge in [0.05, 0.1) is 28.2 Å². The Labute approximate surface area is 214 Å². The fourth-order valence-corrected chi connectivity index (χ4v) is 6.05. The first-order valence-corrected chi connectivity index (χ1v) is 13.2. The lowest BCUT2D eigenvalue weighted by atomic mass is 9.90. The highest BCUT2D eigenvalue weighted by atomic mass is 32.2. The van der Waals surface area contributed by atoms with Gasteiger partial charge in [-0.1, -0.05) is 48.0 Å². The van der Waals surface area contributed by atoms with Crippen LogP contribution in [-0.4, -0.2) is 41.1 Å². The van der Waals surface area contributed by atoms with E-state index in [9.17, 15) is 22.8 Å². The maximum Gasteiger partial charge on any atom is 0.340 e. The van der Waals surface area contributed by atoms with Crippen LogP contribution in [0.5, 0.6) is 0 Å². The summed E-state index contributed by atoms with van der Waals surface area (Å²) in [4.78, 5) is 40.7. The van der Waals surface area contributed by atoms with Crippen molar-refractivity contribution in [1.29, 1.82) is 0 Å². The Balaban J connectivity index is 1.73. The molecule has 1 aliphatic carbocycles. The minimum absolute atomic E-state index is 0.00870. The van der Waals surface area contributed by atoms with Crippen molar-refractivity contribution in [2.75, 3.05) is 6.61 Å². The number of nitrogens with zero attached hydrogens (tertiary/aromatic N) is 2. The molecule has 0 saturated heterocycles. The van der Waals surface area contributed by atoms with E-state index in [1.54, 1.807) is 30.5 Å². The molecule has 2 aromatic heterocycles. The summed E-state index contributed by atoms with van der Waals surface area (Å²) in [6.45, 7) is 5.43. The molecule has 0 unspecified atom stereocenters. The molecule has 0 N–H and O–H groups in total. The monoisotopic (exact) mass is 516 g/mol. The second-order valence-electron chi connectivity index (χ2n) is 8.83. The molecule has 2 heterocycles. The molecule has 0 aliphatic heterocycles. The molecule has 0 fully saturated rings. The Hall–Kier alpha value is -4.24. The van der Waals surface area contributed by atoms with Crippen molar-refractivity contribution in [3.63, 3.8) is 0 Å². The number of carbonyl (C=O) groups excluding carboxylic acids is 3. The number of fused-ring (bicyclic) bond motifs is 2. The normalized spacial score (nSPS) is 12.8. The zero-order valence-electron chi connectivity index (χ0n) is 20.5. The molecule has 0 spiro atoms. The Kier molecular flexibility index (Phi) is 5.95. The van der Waals surface area contributed by atoms with Crippen molar-refractivity contribution >= 4 is 27.6 Å². The third-order valence-electron chi connectivity index (χ3n) is 6.52. The first-order valence-electron chi connectivity index (χ1n) is 11.7. The minimum atomic E-state index is -4.17. The van der Waals surface area contributed by atoms with Crippen LogP contribution in [0.3, 0.4) is 0 Å². The van der Waals surface area contributed by atoms with Gasteiger partial charge in [0.2, 0.25) is 5.78 Å². The summed E-state index contributed by atoms with van der Waals surface area (Å²) in [7, 11) is -4.17. The van der Waals surface area contributed by atoms with Gasteiger partial charge in [0, 0.05) is 18.4 Å². The lowest BCUT2D eigenvalue weighted by molar-refractivity contribution is 0.0522. The summed E-state index contributed by atoms with van der Waals surface area (Å²) in [6.07, 6.45) is 1.21. The van der Waals surface area contributed by atoms with E-state index in [0.29, 0.717) is 5.69 Å². The number of esters is 1. The number of carbonyl (C=O) groups is 3. The first-order chi connectivity index (χ1) is 17.7. The van der Waals surface area contributed by atoms with Gasteiger partial charge in [-0.3, -0.25) is 9.59 Å². The van der Waals surface area contributed by atoms with E-state index >= 15 is 0 Å². The average molecular weight is 517 g/mol. The molecular weight excluding hydrogens is 492 g/mol. The van der Waals surface area contributed by atoms with Crippen LogP contribution in [0.1, 0.15) is 66.2 Å². The van der Waals surface area contributed by atoms with Crippen LogP contribution < -0.4 is 0 Å². The van der Waals surface area contributed by atoms with Gasteiger partial charge in [-0.15, -0.1) is 0 Å². The van der Waals surface area contributed by atoms with Crippen LogP contribution in [0.15, 0.2) is 71.8 Å². The van der Waals surface area contributed by atoms with Gasteiger partial charge < -0.3 is 9.30 Å². The topological polar surface area (TPSA) is 104 Å². The van der Waals surface area contributed by atoms with E-state index in [1.807, 2.05) is 37.3 Å². The summed E-state index contributed by atoms with van der Waals surface area (Å²) in [5, 5.41) is 0. The van der Waals surface area contributed by atoms with E-state index < -0.39 is 27.6 Å². The van der Waals surface area contributed by atoms with Gasteiger partial charge in [0.15, 0.2) is 5.78 Å². The number of ketones is 2. The van der Waals surface area contributed by atoms with Crippen LogP contribution in [-0.2, 0) is 21.3 Å². The average Bonchev–Trinajstić information content (AvgIpc) is 3.45. The van der Waals surface area contributed by atoms with Crippen molar-refractivity contribution in [2.24, 2.45) is 0 Å². The highest BCUT2D eigenvalue weighted by Gasteiger charge is 2.42. The number of aryl methyl sites for hydroxylation is 1. The highest BCUT2D eigenvalue weighted by Crippen LogP contribution is 2.36. The van der Waals surface area contributed by atoms with E-state index in [-0.39, 0.29) is 46.1 Å². The summed E-state index contributed by atoms with van der Waals surface area (Å²) in [5.74, 6) is -1.96. The Morgan fingerprint density at radius 3 is 2.22 bits per heavy atom. The van der Waals surface area contributed by atoms with Crippen LogP contribution in [0.25, 0.3) is 0 Å². The maximum absolute atomic E-state index is 14.0. The first kappa shape index (κ1) is 24.5. The third-order valence-corrected chi connectivity index (χ3v) is 8.21. The second kappa shape index (κ2) is 9.01. The zero-order chi connectivity index (χ0) is 26.5. The lowest BCUT2D eigenvalue weighted by Gasteiger charge is -2.18. The van der Waals surface area contributed by atoms with Gasteiger partial charge in [-0.2, -0.15) is 0 Å². The Morgan fingerprint density at radius 1 is 0.892 bits per heavy atom. The molecule has 37 heavy (non-hydrogen) atoms. The smallest absolute Gasteiger partial charge is 0.340 e. The minimum Gasteiger partial charge on any atom is -0.462 e. The summed E-state index contributed by atoms with van der Waals surface area (Å²) < 4.78 is 34.7. The van der Waals surface area contributed by atoms with Gasteiger partial charge in [0.25, 0.3) is 10.0 Å². The van der Waals surface area contributed by atoms with Crippen LogP contribution in [0.4, 0.5) is 0 Å².